The fraction of sp³-hybridized carbons (Fsp3) is 0.667. The second-order valence-electron chi connectivity index (χ2n) is 5.14. The maximum Gasteiger partial charge on any atom is 0.244 e. The molecule has 2 unspecified atom stereocenters. The molecule has 0 saturated carbocycles. The van der Waals surface area contributed by atoms with Crippen LogP contribution in [0.15, 0.2) is 23.4 Å². The van der Waals surface area contributed by atoms with Gasteiger partial charge in [0.15, 0.2) is 0 Å². The summed E-state index contributed by atoms with van der Waals surface area (Å²) in [4.78, 5) is 0.371. The van der Waals surface area contributed by atoms with Crippen molar-refractivity contribution >= 4 is 10.0 Å². The van der Waals surface area contributed by atoms with Gasteiger partial charge in [0, 0.05) is 38.6 Å². The second-order valence-corrected chi connectivity index (χ2v) is 7.08. The van der Waals surface area contributed by atoms with Gasteiger partial charge < -0.3 is 10.3 Å². The molecule has 1 saturated heterocycles. The number of nitrogens with zero attached hydrogens (tertiary/aromatic N) is 2. The molecule has 2 heterocycles. The summed E-state index contributed by atoms with van der Waals surface area (Å²) < 4.78 is 28.2. The van der Waals surface area contributed by atoms with E-state index in [9.17, 15) is 8.42 Å². The van der Waals surface area contributed by atoms with E-state index in [-0.39, 0.29) is 12.0 Å². The topological polar surface area (TPSA) is 68.3 Å². The summed E-state index contributed by atoms with van der Waals surface area (Å²) in [6.07, 6.45) is 5.29. The van der Waals surface area contributed by atoms with E-state index in [2.05, 4.69) is 0 Å². The van der Waals surface area contributed by atoms with E-state index in [1.54, 1.807) is 27.3 Å². The molecule has 0 amide bonds. The first-order valence-corrected chi connectivity index (χ1v) is 7.73. The lowest BCUT2D eigenvalue weighted by atomic mass is 9.93. The highest BCUT2D eigenvalue weighted by Gasteiger charge is 2.31. The number of hydrogen-bond acceptors (Lipinski definition) is 3. The molecule has 6 heteroatoms. The maximum atomic E-state index is 12.4. The Labute approximate surface area is 109 Å². The standard InChI is InChI=1S/C12H21N3O2S/c1-10(13)11-4-3-6-15(8-11)18(16,17)12-5-7-14(2)9-12/h5,7,9-11H,3-4,6,8,13H2,1-2H3. The fourth-order valence-corrected chi connectivity index (χ4v) is 3.99. The zero-order valence-corrected chi connectivity index (χ0v) is 11.7. The first-order chi connectivity index (χ1) is 8.41. The van der Waals surface area contributed by atoms with Gasteiger partial charge in [0.1, 0.15) is 0 Å². The quantitative estimate of drug-likeness (QED) is 0.883. The number of sulfonamides is 1. The Balaban J connectivity index is 2.20. The number of nitrogens with two attached hydrogens (primary N) is 1. The SMILES string of the molecule is CC(N)C1CCCN(S(=O)(=O)c2ccn(C)c2)C1. The Hall–Kier alpha value is -0.850. The Bertz CT molecular complexity index is 507. The van der Waals surface area contributed by atoms with Crippen molar-refractivity contribution < 1.29 is 8.42 Å². The first kappa shape index (κ1) is 13.6. The Morgan fingerprint density at radius 3 is 2.78 bits per heavy atom. The van der Waals surface area contributed by atoms with Crippen molar-refractivity contribution in [3.63, 3.8) is 0 Å². The summed E-state index contributed by atoms with van der Waals surface area (Å²) in [7, 11) is -1.53. The summed E-state index contributed by atoms with van der Waals surface area (Å²) in [6.45, 7) is 3.08. The van der Waals surface area contributed by atoms with E-state index in [1.165, 1.54) is 0 Å². The third-order valence-electron chi connectivity index (χ3n) is 3.61. The number of aromatic nitrogens is 1. The van der Waals surface area contributed by atoms with E-state index >= 15 is 0 Å². The molecule has 0 aromatic carbocycles. The molecule has 2 N–H and O–H groups in total. The smallest absolute Gasteiger partial charge is 0.244 e. The van der Waals surface area contributed by atoms with Gasteiger partial charge in [0.25, 0.3) is 0 Å². The third-order valence-corrected chi connectivity index (χ3v) is 5.46. The van der Waals surface area contributed by atoms with Crippen molar-refractivity contribution in [2.45, 2.75) is 30.7 Å². The lowest BCUT2D eigenvalue weighted by Gasteiger charge is -2.33. The lowest BCUT2D eigenvalue weighted by molar-refractivity contribution is 0.243. The molecule has 2 atom stereocenters. The van der Waals surface area contributed by atoms with E-state index in [4.69, 9.17) is 5.73 Å². The summed E-state index contributed by atoms with van der Waals surface area (Å²) >= 11 is 0. The van der Waals surface area contributed by atoms with E-state index in [0.717, 1.165) is 12.8 Å². The van der Waals surface area contributed by atoms with Gasteiger partial charge in [-0.25, -0.2) is 8.42 Å². The highest BCUT2D eigenvalue weighted by Crippen LogP contribution is 2.24. The Kier molecular flexibility index (Phi) is 3.79. The van der Waals surface area contributed by atoms with Gasteiger partial charge in [0.2, 0.25) is 10.0 Å². The number of rotatable bonds is 3. The largest absolute Gasteiger partial charge is 0.356 e. The van der Waals surface area contributed by atoms with E-state index in [1.807, 2.05) is 14.0 Å². The molecule has 5 nitrogen and oxygen atoms in total. The van der Waals surface area contributed by atoms with Gasteiger partial charge in [-0.3, -0.25) is 0 Å². The number of aryl methyl sites for hydroxylation is 1. The van der Waals surface area contributed by atoms with Crippen LogP contribution in [0.3, 0.4) is 0 Å². The van der Waals surface area contributed by atoms with Crippen molar-refractivity contribution in [2.75, 3.05) is 13.1 Å². The zero-order chi connectivity index (χ0) is 13.3. The molecule has 0 aliphatic carbocycles. The van der Waals surface area contributed by atoms with Crippen LogP contribution < -0.4 is 5.73 Å². The Morgan fingerprint density at radius 1 is 1.50 bits per heavy atom. The fourth-order valence-electron chi connectivity index (χ4n) is 2.40. The minimum atomic E-state index is -3.35. The lowest BCUT2D eigenvalue weighted by Crippen LogP contribution is -2.44. The van der Waals surface area contributed by atoms with Gasteiger partial charge in [-0.05, 0) is 31.7 Å². The molecule has 1 aromatic heterocycles. The molecule has 1 aliphatic rings. The molecule has 1 fully saturated rings. The van der Waals surface area contributed by atoms with Crippen LogP contribution in [0.2, 0.25) is 0 Å². The van der Waals surface area contributed by atoms with Crippen LogP contribution in [-0.4, -0.2) is 36.4 Å². The monoisotopic (exact) mass is 271 g/mol. The molecular formula is C12H21N3O2S. The molecule has 0 bridgehead atoms. The predicted molar refractivity (Wildman–Crippen MR) is 70.5 cm³/mol. The highest BCUT2D eigenvalue weighted by molar-refractivity contribution is 7.89. The number of hydrogen-bond donors (Lipinski definition) is 1. The summed E-state index contributed by atoms with van der Waals surface area (Å²) in [5.74, 6) is 0.261. The summed E-state index contributed by atoms with van der Waals surface area (Å²) in [5, 5.41) is 0. The Morgan fingerprint density at radius 2 is 2.22 bits per heavy atom. The van der Waals surface area contributed by atoms with Crippen LogP contribution in [0, 0.1) is 5.92 Å². The van der Waals surface area contributed by atoms with Crippen molar-refractivity contribution in [2.24, 2.45) is 18.7 Å². The normalized spacial score (nSPS) is 24.1. The van der Waals surface area contributed by atoms with Gasteiger partial charge in [-0.1, -0.05) is 0 Å². The molecule has 0 spiro atoms. The van der Waals surface area contributed by atoms with Crippen LogP contribution in [0.25, 0.3) is 0 Å². The molecular weight excluding hydrogens is 250 g/mol. The van der Waals surface area contributed by atoms with Crippen LogP contribution in [0.4, 0.5) is 0 Å². The van der Waals surface area contributed by atoms with Gasteiger partial charge in [-0.15, -0.1) is 0 Å². The zero-order valence-electron chi connectivity index (χ0n) is 10.9. The average molecular weight is 271 g/mol. The van der Waals surface area contributed by atoms with Crippen molar-refractivity contribution in [3.05, 3.63) is 18.5 Å². The minimum Gasteiger partial charge on any atom is -0.356 e. The van der Waals surface area contributed by atoms with E-state index in [0.29, 0.717) is 18.0 Å². The third kappa shape index (κ3) is 2.60. The van der Waals surface area contributed by atoms with Gasteiger partial charge in [-0.2, -0.15) is 4.31 Å². The molecule has 18 heavy (non-hydrogen) atoms. The van der Waals surface area contributed by atoms with Crippen LogP contribution in [0.1, 0.15) is 19.8 Å². The van der Waals surface area contributed by atoms with Gasteiger partial charge in [0.05, 0.1) is 4.90 Å². The molecule has 102 valence electrons. The molecule has 1 aromatic rings. The maximum absolute atomic E-state index is 12.4. The average Bonchev–Trinajstić information content (AvgIpc) is 2.77. The minimum absolute atomic E-state index is 0.0405. The molecule has 2 rings (SSSR count). The molecule has 0 radical (unpaired) electrons. The van der Waals surface area contributed by atoms with Crippen molar-refractivity contribution in [1.82, 2.24) is 8.87 Å². The molecule has 1 aliphatic heterocycles. The summed E-state index contributed by atoms with van der Waals surface area (Å²) in [6, 6.07) is 1.68. The van der Waals surface area contributed by atoms with E-state index < -0.39 is 10.0 Å². The van der Waals surface area contributed by atoms with Crippen LogP contribution in [-0.2, 0) is 17.1 Å². The highest BCUT2D eigenvalue weighted by atomic mass is 32.2. The van der Waals surface area contributed by atoms with Gasteiger partial charge >= 0.3 is 0 Å². The number of piperidine rings is 1. The van der Waals surface area contributed by atoms with Crippen LogP contribution >= 0.6 is 0 Å². The van der Waals surface area contributed by atoms with Crippen molar-refractivity contribution in [1.29, 1.82) is 0 Å². The van der Waals surface area contributed by atoms with Crippen molar-refractivity contribution in [3.8, 4) is 0 Å². The van der Waals surface area contributed by atoms with Crippen LogP contribution in [0.5, 0.6) is 0 Å². The summed E-state index contributed by atoms with van der Waals surface area (Å²) in [5.41, 5.74) is 5.89. The second kappa shape index (κ2) is 5.03. The first-order valence-electron chi connectivity index (χ1n) is 6.29. The predicted octanol–water partition coefficient (Wildman–Crippen LogP) is 0.773.